The molecule has 1 fully saturated rings. The number of nitrogens with zero attached hydrogens (tertiary/aromatic N) is 1. The quantitative estimate of drug-likeness (QED) is 0.694. The van der Waals surface area contributed by atoms with E-state index in [1.807, 2.05) is 0 Å². The SMILES string of the molecule is CC1CN(CCCCN)CC(C)(C)O1. The summed E-state index contributed by atoms with van der Waals surface area (Å²) in [6, 6.07) is 0. The molecule has 0 aliphatic carbocycles. The third-order valence-electron chi connectivity index (χ3n) is 2.57. The number of hydrogen-bond acceptors (Lipinski definition) is 3. The smallest absolute Gasteiger partial charge is 0.0757 e. The number of unbranched alkanes of at least 4 members (excludes halogenated alkanes) is 1. The molecule has 0 aromatic rings. The van der Waals surface area contributed by atoms with E-state index in [-0.39, 0.29) is 5.60 Å². The third kappa shape index (κ3) is 3.95. The van der Waals surface area contributed by atoms with Crippen LogP contribution in [0.15, 0.2) is 0 Å². The summed E-state index contributed by atoms with van der Waals surface area (Å²) in [7, 11) is 0. The molecule has 1 atom stereocenters. The minimum absolute atomic E-state index is 0.0143. The van der Waals surface area contributed by atoms with Gasteiger partial charge in [0.25, 0.3) is 0 Å². The first kappa shape index (κ1) is 12.0. The van der Waals surface area contributed by atoms with Gasteiger partial charge in [0.2, 0.25) is 0 Å². The Morgan fingerprint density at radius 2 is 2.14 bits per heavy atom. The average Bonchev–Trinajstić information content (AvgIpc) is 2.00. The Kier molecular flexibility index (Phi) is 4.35. The highest BCUT2D eigenvalue weighted by atomic mass is 16.5. The predicted octanol–water partition coefficient (Wildman–Crippen LogP) is 1.22. The van der Waals surface area contributed by atoms with Crippen molar-refractivity contribution >= 4 is 0 Å². The summed E-state index contributed by atoms with van der Waals surface area (Å²) in [5.41, 5.74) is 5.50. The minimum atomic E-state index is 0.0143. The van der Waals surface area contributed by atoms with Crippen LogP contribution in [-0.2, 0) is 4.74 Å². The van der Waals surface area contributed by atoms with Gasteiger partial charge in [-0.2, -0.15) is 0 Å². The van der Waals surface area contributed by atoms with E-state index in [1.165, 1.54) is 6.42 Å². The molecule has 0 spiro atoms. The Bertz CT molecular complexity index is 171. The molecular weight excluding hydrogens is 176 g/mol. The van der Waals surface area contributed by atoms with Gasteiger partial charge in [-0.1, -0.05) is 0 Å². The van der Waals surface area contributed by atoms with Gasteiger partial charge < -0.3 is 10.5 Å². The molecule has 3 nitrogen and oxygen atoms in total. The number of rotatable bonds is 4. The summed E-state index contributed by atoms with van der Waals surface area (Å²) in [5, 5.41) is 0. The van der Waals surface area contributed by atoms with Crippen LogP contribution in [0.25, 0.3) is 0 Å². The van der Waals surface area contributed by atoms with Gasteiger partial charge in [-0.15, -0.1) is 0 Å². The molecule has 1 unspecified atom stereocenters. The summed E-state index contributed by atoms with van der Waals surface area (Å²) in [5.74, 6) is 0. The van der Waals surface area contributed by atoms with Crippen LogP contribution >= 0.6 is 0 Å². The molecule has 0 aromatic heterocycles. The summed E-state index contributed by atoms with van der Waals surface area (Å²) >= 11 is 0. The number of morpholine rings is 1. The standard InChI is InChI=1S/C11H24N2O/c1-10-8-13(7-5-4-6-12)9-11(2,3)14-10/h10H,4-9,12H2,1-3H3. The maximum absolute atomic E-state index is 5.84. The van der Waals surface area contributed by atoms with Gasteiger partial charge in [-0.3, -0.25) is 4.90 Å². The average molecular weight is 200 g/mol. The van der Waals surface area contributed by atoms with Crippen molar-refractivity contribution in [2.45, 2.75) is 45.3 Å². The summed E-state index contributed by atoms with van der Waals surface area (Å²) in [6.07, 6.45) is 2.70. The van der Waals surface area contributed by atoms with Crippen LogP contribution in [0.1, 0.15) is 33.6 Å². The highest BCUT2D eigenvalue weighted by Gasteiger charge is 2.30. The van der Waals surface area contributed by atoms with E-state index < -0.39 is 0 Å². The maximum Gasteiger partial charge on any atom is 0.0757 e. The molecule has 1 rings (SSSR count). The molecule has 1 saturated heterocycles. The molecule has 1 aliphatic heterocycles. The molecule has 14 heavy (non-hydrogen) atoms. The zero-order valence-corrected chi connectivity index (χ0v) is 9.75. The maximum atomic E-state index is 5.84. The fraction of sp³-hybridized carbons (Fsp3) is 1.00. The largest absolute Gasteiger partial charge is 0.370 e. The molecule has 2 N–H and O–H groups in total. The van der Waals surface area contributed by atoms with Crippen molar-refractivity contribution in [2.75, 3.05) is 26.2 Å². The van der Waals surface area contributed by atoms with Crippen LogP contribution in [0.5, 0.6) is 0 Å². The van der Waals surface area contributed by atoms with Crippen LogP contribution in [0.2, 0.25) is 0 Å². The van der Waals surface area contributed by atoms with Gasteiger partial charge >= 0.3 is 0 Å². The molecule has 3 heteroatoms. The lowest BCUT2D eigenvalue weighted by Crippen LogP contribution is -2.51. The number of ether oxygens (including phenoxy) is 1. The zero-order valence-electron chi connectivity index (χ0n) is 9.75. The van der Waals surface area contributed by atoms with Gasteiger partial charge in [0.1, 0.15) is 0 Å². The fourth-order valence-corrected chi connectivity index (χ4v) is 2.24. The van der Waals surface area contributed by atoms with E-state index >= 15 is 0 Å². The number of nitrogens with two attached hydrogens (primary N) is 1. The Balaban J connectivity index is 2.30. The van der Waals surface area contributed by atoms with Crippen LogP contribution in [0.3, 0.4) is 0 Å². The van der Waals surface area contributed by atoms with E-state index in [9.17, 15) is 0 Å². The second-order valence-corrected chi connectivity index (χ2v) is 4.92. The molecule has 1 aliphatic rings. The Morgan fingerprint density at radius 1 is 1.43 bits per heavy atom. The first-order valence-electron chi connectivity index (χ1n) is 5.64. The normalized spacial score (nSPS) is 27.9. The first-order chi connectivity index (χ1) is 6.53. The Morgan fingerprint density at radius 3 is 2.71 bits per heavy atom. The highest BCUT2D eigenvalue weighted by molar-refractivity contribution is 4.82. The molecule has 1 heterocycles. The topological polar surface area (TPSA) is 38.5 Å². The third-order valence-corrected chi connectivity index (χ3v) is 2.57. The summed E-state index contributed by atoms with van der Waals surface area (Å²) in [6.45, 7) is 10.6. The lowest BCUT2D eigenvalue weighted by Gasteiger charge is -2.41. The minimum Gasteiger partial charge on any atom is -0.370 e. The van der Waals surface area contributed by atoms with Gasteiger partial charge in [-0.25, -0.2) is 0 Å². The molecular formula is C11H24N2O. The van der Waals surface area contributed by atoms with Gasteiger partial charge in [-0.05, 0) is 46.7 Å². The molecule has 0 radical (unpaired) electrons. The molecule has 0 bridgehead atoms. The van der Waals surface area contributed by atoms with Gasteiger partial charge in [0.05, 0.1) is 11.7 Å². The van der Waals surface area contributed by atoms with Crippen molar-refractivity contribution in [3.63, 3.8) is 0 Å². The van der Waals surface area contributed by atoms with E-state index in [0.717, 1.165) is 32.6 Å². The van der Waals surface area contributed by atoms with Crippen LogP contribution in [-0.4, -0.2) is 42.8 Å². The second-order valence-electron chi connectivity index (χ2n) is 4.92. The van der Waals surface area contributed by atoms with E-state index in [4.69, 9.17) is 10.5 Å². The van der Waals surface area contributed by atoms with Crippen molar-refractivity contribution in [3.05, 3.63) is 0 Å². The monoisotopic (exact) mass is 200 g/mol. The van der Waals surface area contributed by atoms with E-state index in [1.54, 1.807) is 0 Å². The Hall–Kier alpha value is -0.120. The molecule has 0 saturated carbocycles. The second kappa shape index (κ2) is 5.10. The van der Waals surface area contributed by atoms with Crippen LogP contribution in [0, 0.1) is 0 Å². The van der Waals surface area contributed by atoms with E-state index in [0.29, 0.717) is 6.10 Å². The first-order valence-corrected chi connectivity index (χ1v) is 5.64. The van der Waals surface area contributed by atoms with Crippen LogP contribution in [0.4, 0.5) is 0 Å². The number of hydrogen-bond donors (Lipinski definition) is 1. The molecule has 0 amide bonds. The van der Waals surface area contributed by atoms with E-state index in [2.05, 4.69) is 25.7 Å². The van der Waals surface area contributed by atoms with Crippen molar-refractivity contribution in [1.29, 1.82) is 0 Å². The Labute approximate surface area is 87.6 Å². The van der Waals surface area contributed by atoms with Crippen molar-refractivity contribution in [1.82, 2.24) is 4.90 Å². The van der Waals surface area contributed by atoms with Crippen molar-refractivity contribution in [2.24, 2.45) is 5.73 Å². The van der Waals surface area contributed by atoms with Crippen molar-refractivity contribution < 1.29 is 4.74 Å². The summed E-state index contributed by atoms with van der Waals surface area (Å²) < 4.78 is 5.84. The fourth-order valence-electron chi connectivity index (χ4n) is 2.24. The predicted molar refractivity (Wildman–Crippen MR) is 59.4 cm³/mol. The lowest BCUT2D eigenvalue weighted by molar-refractivity contribution is -0.128. The molecule has 0 aromatic carbocycles. The zero-order chi connectivity index (χ0) is 10.6. The highest BCUT2D eigenvalue weighted by Crippen LogP contribution is 2.20. The summed E-state index contributed by atoms with van der Waals surface area (Å²) in [4.78, 5) is 2.49. The van der Waals surface area contributed by atoms with Crippen molar-refractivity contribution in [3.8, 4) is 0 Å². The lowest BCUT2D eigenvalue weighted by atomic mass is 10.1. The molecule has 84 valence electrons. The van der Waals surface area contributed by atoms with Gasteiger partial charge in [0, 0.05) is 13.1 Å². The van der Waals surface area contributed by atoms with Crippen LogP contribution < -0.4 is 5.73 Å². The van der Waals surface area contributed by atoms with Gasteiger partial charge in [0.15, 0.2) is 0 Å².